The van der Waals surface area contributed by atoms with Crippen molar-refractivity contribution in [3.05, 3.63) is 66.5 Å². The first kappa shape index (κ1) is 18.8. The molecule has 27 heavy (non-hydrogen) atoms. The standard InChI is InChI=1S/C20H18FN3O2S/c1-2-26-17-9-3-14(4-10-17)18-11-12-20(24-23-18)27-13-19(25)22-16-7-5-15(21)6-8-16/h3-12H,2,13H2,1H3,(H,22,25). The zero-order valence-electron chi connectivity index (χ0n) is 14.7. The Kier molecular flexibility index (Phi) is 6.38. The van der Waals surface area contributed by atoms with Crippen LogP contribution in [0, 0.1) is 5.82 Å². The van der Waals surface area contributed by atoms with E-state index < -0.39 is 0 Å². The molecule has 7 heteroatoms. The number of carbonyl (C=O) groups is 1. The van der Waals surface area contributed by atoms with Crippen molar-refractivity contribution in [3.63, 3.8) is 0 Å². The summed E-state index contributed by atoms with van der Waals surface area (Å²) in [4.78, 5) is 12.0. The van der Waals surface area contributed by atoms with Gasteiger partial charge in [0, 0.05) is 11.3 Å². The van der Waals surface area contributed by atoms with E-state index in [1.807, 2.05) is 43.3 Å². The summed E-state index contributed by atoms with van der Waals surface area (Å²) in [5.41, 5.74) is 2.24. The molecular weight excluding hydrogens is 365 g/mol. The van der Waals surface area contributed by atoms with E-state index in [9.17, 15) is 9.18 Å². The predicted octanol–water partition coefficient (Wildman–Crippen LogP) is 4.41. The van der Waals surface area contributed by atoms with Crippen LogP contribution in [-0.2, 0) is 4.79 Å². The number of ether oxygens (including phenoxy) is 1. The molecule has 0 aliphatic rings. The van der Waals surface area contributed by atoms with E-state index in [4.69, 9.17) is 4.74 Å². The lowest BCUT2D eigenvalue weighted by Gasteiger charge is -2.06. The van der Waals surface area contributed by atoms with Gasteiger partial charge < -0.3 is 10.1 Å². The first-order valence-corrected chi connectivity index (χ1v) is 9.38. The van der Waals surface area contributed by atoms with Crippen molar-refractivity contribution in [2.24, 2.45) is 0 Å². The number of aromatic nitrogens is 2. The number of hydrogen-bond acceptors (Lipinski definition) is 5. The Bertz CT molecular complexity index is 885. The van der Waals surface area contributed by atoms with E-state index in [-0.39, 0.29) is 17.5 Å². The Morgan fingerprint density at radius 1 is 1.04 bits per heavy atom. The van der Waals surface area contributed by atoms with Crippen LogP contribution in [0.2, 0.25) is 0 Å². The maximum atomic E-state index is 12.9. The number of carbonyl (C=O) groups excluding carboxylic acids is 1. The smallest absolute Gasteiger partial charge is 0.234 e. The van der Waals surface area contributed by atoms with Crippen LogP contribution in [0.4, 0.5) is 10.1 Å². The fourth-order valence-corrected chi connectivity index (χ4v) is 2.92. The van der Waals surface area contributed by atoms with Crippen molar-refractivity contribution in [2.45, 2.75) is 11.9 Å². The Hall–Kier alpha value is -2.93. The molecule has 0 spiro atoms. The lowest BCUT2D eigenvalue weighted by Crippen LogP contribution is -2.14. The van der Waals surface area contributed by atoms with Gasteiger partial charge in [-0.05, 0) is 67.6 Å². The van der Waals surface area contributed by atoms with Gasteiger partial charge >= 0.3 is 0 Å². The third-order valence-electron chi connectivity index (χ3n) is 3.58. The van der Waals surface area contributed by atoms with Crippen molar-refractivity contribution >= 4 is 23.4 Å². The lowest BCUT2D eigenvalue weighted by atomic mass is 10.1. The van der Waals surface area contributed by atoms with Gasteiger partial charge in [-0.15, -0.1) is 10.2 Å². The second-order valence-corrected chi connectivity index (χ2v) is 6.55. The monoisotopic (exact) mass is 383 g/mol. The molecule has 5 nitrogen and oxygen atoms in total. The van der Waals surface area contributed by atoms with E-state index in [0.29, 0.717) is 17.3 Å². The molecule has 1 amide bonds. The van der Waals surface area contributed by atoms with E-state index in [2.05, 4.69) is 15.5 Å². The number of anilines is 1. The van der Waals surface area contributed by atoms with Gasteiger partial charge in [0.25, 0.3) is 0 Å². The maximum absolute atomic E-state index is 12.9. The van der Waals surface area contributed by atoms with Gasteiger partial charge in [-0.25, -0.2) is 4.39 Å². The van der Waals surface area contributed by atoms with Crippen molar-refractivity contribution in [2.75, 3.05) is 17.7 Å². The molecule has 1 aromatic heterocycles. The predicted molar refractivity (Wildman–Crippen MR) is 104 cm³/mol. The van der Waals surface area contributed by atoms with Gasteiger partial charge in [0.15, 0.2) is 0 Å². The summed E-state index contributed by atoms with van der Waals surface area (Å²) in [6.07, 6.45) is 0. The normalized spacial score (nSPS) is 10.4. The first-order chi connectivity index (χ1) is 13.1. The highest BCUT2D eigenvalue weighted by molar-refractivity contribution is 7.99. The van der Waals surface area contributed by atoms with Crippen molar-refractivity contribution < 1.29 is 13.9 Å². The SMILES string of the molecule is CCOc1ccc(-c2ccc(SCC(=O)Nc3ccc(F)cc3)nn2)cc1. The number of halogens is 1. The summed E-state index contributed by atoms with van der Waals surface area (Å²) >= 11 is 1.28. The highest BCUT2D eigenvalue weighted by Gasteiger charge is 2.07. The van der Waals surface area contributed by atoms with Crippen LogP contribution in [0.5, 0.6) is 5.75 Å². The molecule has 0 aliphatic carbocycles. The molecule has 1 heterocycles. The van der Waals surface area contributed by atoms with Crippen molar-refractivity contribution in [1.82, 2.24) is 10.2 Å². The summed E-state index contributed by atoms with van der Waals surface area (Å²) in [6.45, 7) is 2.56. The van der Waals surface area contributed by atoms with Gasteiger partial charge in [0.1, 0.15) is 16.6 Å². The van der Waals surface area contributed by atoms with E-state index in [0.717, 1.165) is 17.0 Å². The zero-order chi connectivity index (χ0) is 19.1. The molecule has 0 aliphatic heterocycles. The quantitative estimate of drug-likeness (QED) is 0.612. The Labute approximate surface area is 161 Å². The second kappa shape index (κ2) is 9.14. The number of hydrogen-bond donors (Lipinski definition) is 1. The lowest BCUT2D eigenvalue weighted by molar-refractivity contribution is -0.113. The average molecular weight is 383 g/mol. The van der Waals surface area contributed by atoms with Gasteiger partial charge in [-0.2, -0.15) is 0 Å². The number of nitrogens with zero attached hydrogens (tertiary/aromatic N) is 2. The molecule has 0 saturated carbocycles. The van der Waals surface area contributed by atoms with Crippen LogP contribution in [0.1, 0.15) is 6.92 Å². The maximum Gasteiger partial charge on any atom is 0.234 e. The molecule has 0 fully saturated rings. The van der Waals surface area contributed by atoms with Gasteiger partial charge in [0.05, 0.1) is 18.1 Å². The van der Waals surface area contributed by atoms with Crippen LogP contribution in [0.25, 0.3) is 11.3 Å². The van der Waals surface area contributed by atoms with Gasteiger partial charge in [-0.3, -0.25) is 4.79 Å². The van der Waals surface area contributed by atoms with Crippen LogP contribution < -0.4 is 10.1 Å². The molecule has 0 saturated heterocycles. The molecule has 138 valence electrons. The van der Waals surface area contributed by atoms with Crippen molar-refractivity contribution in [3.8, 4) is 17.0 Å². The van der Waals surface area contributed by atoms with Crippen LogP contribution in [0.3, 0.4) is 0 Å². The molecule has 0 radical (unpaired) electrons. The molecular formula is C20H18FN3O2S. The fourth-order valence-electron chi connectivity index (χ4n) is 2.31. The minimum Gasteiger partial charge on any atom is -0.494 e. The molecule has 0 bridgehead atoms. The summed E-state index contributed by atoms with van der Waals surface area (Å²) in [7, 11) is 0. The van der Waals surface area contributed by atoms with Crippen molar-refractivity contribution in [1.29, 1.82) is 0 Å². The Balaban J connectivity index is 1.54. The Morgan fingerprint density at radius 2 is 1.78 bits per heavy atom. The van der Waals surface area contributed by atoms with Gasteiger partial charge in [0.2, 0.25) is 5.91 Å². The average Bonchev–Trinajstić information content (AvgIpc) is 2.69. The summed E-state index contributed by atoms with van der Waals surface area (Å²) < 4.78 is 18.3. The van der Waals surface area contributed by atoms with Crippen LogP contribution in [0.15, 0.2) is 65.7 Å². The fraction of sp³-hybridized carbons (Fsp3) is 0.150. The van der Waals surface area contributed by atoms with Crippen LogP contribution in [-0.4, -0.2) is 28.5 Å². The Morgan fingerprint density at radius 3 is 2.41 bits per heavy atom. The highest BCUT2D eigenvalue weighted by atomic mass is 32.2. The van der Waals surface area contributed by atoms with E-state index in [1.54, 1.807) is 0 Å². The largest absolute Gasteiger partial charge is 0.494 e. The first-order valence-electron chi connectivity index (χ1n) is 8.39. The number of rotatable bonds is 7. The third-order valence-corrected chi connectivity index (χ3v) is 4.50. The third kappa shape index (κ3) is 5.52. The second-order valence-electron chi connectivity index (χ2n) is 5.56. The molecule has 1 N–H and O–H groups in total. The van der Waals surface area contributed by atoms with E-state index >= 15 is 0 Å². The number of nitrogens with one attached hydrogen (secondary N) is 1. The number of benzene rings is 2. The molecule has 3 rings (SSSR count). The minimum atomic E-state index is -0.342. The number of amides is 1. The molecule has 0 atom stereocenters. The summed E-state index contributed by atoms with van der Waals surface area (Å²) in [6, 6.07) is 17.0. The molecule has 0 unspecified atom stereocenters. The zero-order valence-corrected chi connectivity index (χ0v) is 15.5. The summed E-state index contributed by atoms with van der Waals surface area (Å²) in [5.74, 6) is 0.469. The summed E-state index contributed by atoms with van der Waals surface area (Å²) in [5, 5.41) is 11.7. The molecule has 3 aromatic rings. The van der Waals surface area contributed by atoms with Gasteiger partial charge in [-0.1, -0.05) is 11.8 Å². The molecule has 2 aromatic carbocycles. The van der Waals surface area contributed by atoms with E-state index in [1.165, 1.54) is 36.0 Å². The topological polar surface area (TPSA) is 64.1 Å². The highest BCUT2D eigenvalue weighted by Crippen LogP contribution is 2.22. The van der Waals surface area contributed by atoms with Crippen LogP contribution >= 0.6 is 11.8 Å². The minimum absolute atomic E-state index is 0.189. The number of thioether (sulfide) groups is 1.